The second-order valence-corrected chi connectivity index (χ2v) is 9.86. The number of rotatable bonds is 7. The molecule has 1 amide bonds. The molecule has 1 N–H and O–H groups in total. The molecule has 1 aliphatic heterocycles. The third-order valence-electron chi connectivity index (χ3n) is 5.91. The minimum Gasteiger partial charge on any atom is -0.486 e. The van der Waals surface area contributed by atoms with Crippen LogP contribution in [0.4, 0.5) is 5.69 Å². The van der Waals surface area contributed by atoms with Gasteiger partial charge in [-0.25, -0.2) is 8.42 Å². The predicted molar refractivity (Wildman–Crippen MR) is 131 cm³/mol. The van der Waals surface area contributed by atoms with Crippen molar-refractivity contribution in [1.82, 2.24) is 4.90 Å². The minimum absolute atomic E-state index is 0.0971. The first kappa shape index (κ1) is 23.6. The Kier molecular flexibility index (Phi) is 6.79. The van der Waals surface area contributed by atoms with Crippen molar-refractivity contribution in [2.24, 2.45) is 0 Å². The highest BCUT2D eigenvalue weighted by molar-refractivity contribution is 7.92. The Hall–Kier alpha value is -3.52. The fourth-order valence-corrected chi connectivity index (χ4v) is 4.88. The Morgan fingerprint density at radius 1 is 0.971 bits per heavy atom. The van der Waals surface area contributed by atoms with E-state index < -0.39 is 10.0 Å². The van der Waals surface area contributed by atoms with Gasteiger partial charge in [0, 0.05) is 18.7 Å². The molecule has 0 aromatic heterocycles. The maximum absolute atomic E-state index is 13.1. The second-order valence-electron chi connectivity index (χ2n) is 8.17. The molecule has 0 saturated heterocycles. The van der Waals surface area contributed by atoms with E-state index in [-0.39, 0.29) is 10.8 Å². The molecule has 4 rings (SSSR count). The van der Waals surface area contributed by atoms with Gasteiger partial charge in [0.15, 0.2) is 11.5 Å². The largest absolute Gasteiger partial charge is 0.486 e. The standard InChI is InChI=1S/C26H28N2O5S/c1-4-28(17-20-8-13-24-25(16-20)33-15-14-32-24)26(29)21-9-11-22(12-10-21)34(30,31)27-23-7-5-6-18(2)19(23)3/h5-13,16,27H,4,14-15,17H2,1-3H3. The topological polar surface area (TPSA) is 84.9 Å². The van der Waals surface area contributed by atoms with Gasteiger partial charge in [0.1, 0.15) is 13.2 Å². The lowest BCUT2D eigenvalue weighted by molar-refractivity contribution is 0.0752. The normalized spacial score (nSPS) is 12.8. The number of amides is 1. The third kappa shape index (κ3) is 5.02. The molecular weight excluding hydrogens is 452 g/mol. The van der Waals surface area contributed by atoms with Gasteiger partial charge < -0.3 is 14.4 Å². The average molecular weight is 481 g/mol. The Bertz CT molecular complexity index is 1300. The second kappa shape index (κ2) is 9.77. The number of sulfonamides is 1. The van der Waals surface area contributed by atoms with Gasteiger partial charge in [0.05, 0.1) is 10.6 Å². The Morgan fingerprint density at radius 3 is 2.38 bits per heavy atom. The van der Waals surface area contributed by atoms with Gasteiger partial charge in [-0.1, -0.05) is 18.2 Å². The molecule has 7 nitrogen and oxygen atoms in total. The van der Waals surface area contributed by atoms with Crippen molar-refractivity contribution in [2.45, 2.75) is 32.2 Å². The number of anilines is 1. The van der Waals surface area contributed by atoms with Crippen LogP contribution in [0.2, 0.25) is 0 Å². The van der Waals surface area contributed by atoms with Crippen LogP contribution in [-0.4, -0.2) is 39.0 Å². The quantitative estimate of drug-likeness (QED) is 0.537. The van der Waals surface area contributed by atoms with E-state index in [0.717, 1.165) is 16.7 Å². The van der Waals surface area contributed by atoms with Gasteiger partial charge in [-0.2, -0.15) is 0 Å². The molecule has 3 aromatic carbocycles. The molecule has 0 atom stereocenters. The Balaban J connectivity index is 1.48. The summed E-state index contributed by atoms with van der Waals surface area (Å²) in [6.07, 6.45) is 0. The van der Waals surface area contributed by atoms with Gasteiger partial charge in [-0.3, -0.25) is 9.52 Å². The third-order valence-corrected chi connectivity index (χ3v) is 7.29. The summed E-state index contributed by atoms with van der Waals surface area (Å²) in [7, 11) is -3.78. The summed E-state index contributed by atoms with van der Waals surface area (Å²) in [5.41, 5.74) is 3.76. The van der Waals surface area contributed by atoms with Gasteiger partial charge in [-0.15, -0.1) is 0 Å². The summed E-state index contributed by atoms with van der Waals surface area (Å²) in [4.78, 5) is 14.9. The average Bonchev–Trinajstić information content (AvgIpc) is 2.85. The monoisotopic (exact) mass is 480 g/mol. The van der Waals surface area contributed by atoms with Crippen molar-refractivity contribution in [2.75, 3.05) is 24.5 Å². The number of carbonyl (C=O) groups excluding carboxylic acids is 1. The molecule has 8 heteroatoms. The van der Waals surface area contributed by atoms with Crippen molar-refractivity contribution in [3.05, 3.63) is 82.9 Å². The van der Waals surface area contributed by atoms with Crippen LogP contribution >= 0.6 is 0 Å². The van der Waals surface area contributed by atoms with Crippen LogP contribution in [0.1, 0.15) is 34.0 Å². The molecule has 34 heavy (non-hydrogen) atoms. The zero-order valence-corrected chi connectivity index (χ0v) is 20.3. The summed E-state index contributed by atoms with van der Waals surface area (Å²) in [5.74, 6) is 1.21. The molecule has 0 radical (unpaired) electrons. The number of hydrogen-bond acceptors (Lipinski definition) is 5. The van der Waals surface area contributed by atoms with Crippen LogP contribution in [0, 0.1) is 13.8 Å². The maximum Gasteiger partial charge on any atom is 0.261 e. The molecule has 3 aromatic rings. The smallest absolute Gasteiger partial charge is 0.261 e. The minimum atomic E-state index is -3.78. The van der Waals surface area contributed by atoms with Crippen LogP contribution < -0.4 is 14.2 Å². The molecule has 0 unspecified atom stereocenters. The van der Waals surface area contributed by atoms with Gasteiger partial charge >= 0.3 is 0 Å². The maximum atomic E-state index is 13.1. The highest BCUT2D eigenvalue weighted by atomic mass is 32.2. The summed E-state index contributed by atoms with van der Waals surface area (Å²) in [5, 5.41) is 0. The van der Waals surface area contributed by atoms with E-state index in [1.54, 1.807) is 23.1 Å². The molecule has 0 spiro atoms. The summed E-state index contributed by atoms with van der Waals surface area (Å²) in [6.45, 7) is 7.64. The molecule has 0 fully saturated rings. The Labute approximate surface area is 200 Å². The van der Waals surface area contributed by atoms with Crippen molar-refractivity contribution in [1.29, 1.82) is 0 Å². The number of nitrogens with one attached hydrogen (secondary N) is 1. The molecule has 0 saturated carbocycles. The van der Waals surface area contributed by atoms with Crippen molar-refractivity contribution in [3.63, 3.8) is 0 Å². The molecule has 1 aliphatic rings. The van der Waals surface area contributed by atoms with E-state index in [0.29, 0.717) is 49.1 Å². The number of aryl methyl sites for hydroxylation is 1. The molecular formula is C26H28N2O5S. The summed E-state index contributed by atoms with van der Waals surface area (Å²) in [6, 6.07) is 17.1. The van der Waals surface area contributed by atoms with Crippen LogP contribution in [0.15, 0.2) is 65.6 Å². The van der Waals surface area contributed by atoms with Crippen molar-refractivity contribution >= 4 is 21.6 Å². The molecule has 178 valence electrons. The number of benzene rings is 3. The Morgan fingerprint density at radius 2 is 1.68 bits per heavy atom. The number of nitrogens with zero attached hydrogens (tertiary/aromatic N) is 1. The molecule has 1 heterocycles. The van der Waals surface area contributed by atoms with Crippen molar-refractivity contribution in [3.8, 4) is 11.5 Å². The number of carbonyl (C=O) groups is 1. The highest BCUT2D eigenvalue weighted by Crippen LogP contribution is 2.31. The molecule has 0 aliphatic carbocycles. The van der Waals surface area contributed by atoms with Crippen LogP contribution in [0.3, 0.4) is 0 Å². The SMILES string of the molecule is CCN(Cc1ccc2c(c1)OCCO2)C(=O)c1ccc(S(=O)(=O)Nc2cccc(C)c2C)cc1. The van der Waals surface area contributed by atoms with E-state index in [9.17, 15) is 13.2 Å². The number of fused-ring (bicyclic) bond motifs is 1. The van der Waals surface area contributed by atoms with E-state index >= 15 is 0 Å². The zero-order chi connectivity index (χ0) is 24.3. The molecule has 0 bridgehead atoms. The van der Waals surface area contributed by atoms with E-state index in [1.807, 2.05) is 51.1 Å². The lowest BCUT2D eigenvalue weighted by Crippen LogP contribution is -2.30. The van der Waals surface area contributed by atoms with E-state index in [4.69, 9.17) is 9.47 Å². The van der Waals surface area contributed by atoms with Crippen LogP contribution in [-0.2, 0) is 16.6 Å². The van der Waals surface area contributed by atoms with Crippen LogP contribution in [0.25, 0.3) is 0 Å². The van der Waals surface area contributed by atoms with E-state index in [1.165, 1.54) is 12.1 Å². The fraction of sp³-hybridized carbons (Fsp3) is 0.269. The summed E-state index contributed by atoms with van der Waals surface area (Å²) < 4.78 is 39.6. The number of hydrogen-bond donors (Lipinski definition) is 1. The summed E-state index contributed by atoms with van der Waals surface area (Å²) >= 11 is 0. The van der Waals surface area contributed by atoms with E-state index in [2.05, 4.69) is 4.72 Å². The first-order chi connectivity index (χ1) is 16.3. The first-order valence-electron chi connectivity index (χ1n) is 11.2. The van der Waals surface area contributed by atoms with Crippen molar-refractivity contribution < 1.29 is 22.7 Å². The van der Waals surface area contributed by atoms with Gasteiger partial charge in [-0.05, 0) is 79.9 Å². The van der Waals surface area contributed by atoms with Gasteiger partial charge in [0.25, 0.3) is 15.9 Å². The lowest BCUT2D eigenvalue weighted by Gasteiger charge is -2.23. The highest BCUT2D eigenvalue weighted by Gasteiger charge is 2.20. The zero-order valence-electron chi connectivity index (χ0n) is 19.5. The first-order valence-corrected chi connectivity index (χ1v) is 12.6. The predicted octanol–water partition coefficient (Wildman–Crippen LogP) is 4.54. The fourth-order valence-electron chi connectivity index (χ4n) is 3.76. The van der Waals surface area contributed by atoms with Gasteiger partial charge in [0.2, 0.25) is 0 Å². The lowest BCUT2D eigenvalue weighted by atomic mass is 10.1. The number of ether oxygens (including phenoxy) is 2. The van der Waals surface area contributed by atoms with Crippen LogP contribution in [0.5, 0.6) is 11.5 Å².